The second kappa shape index (κ2) is 17.2. The lowest BCUT2D eigenvalue weighted by Crippen LogP contribution is -2.55. The molecule has 9 rings (SSSR count). The number of fused-ring (bicyclic) bond motifs is 3. The highest BCUT2D eigenvalue weighted by Gasteiger charge is 2.51. The number of methoxy groups -OCH3 is 1. The molecule has 3 aromatic rings. The Balaban J connectivity index is 0.897. The molecule has 5 amide bonds. The van der Waals surface area contributed by atoms with E-state index >= 15 is 0 Å². The second-order valence-corrected chi connectivity index (χ2v) is 19.0. The van der Waals surface area contributed by atoms with Crippen molar-refractivity contribution < 1.29 is 23.9 Å². The molecule has 324 valence electrons. The Bertz CT molecular complexity index is 1990. The number of alkyl carbamates (subject to hydrolysis) is 1. The Morgan fingerprint density at radius 1 is 0.683 bits per heavy atom. The average Bonchev–Trinajstić information content (AvgIpc) is 4.12. The highest BCUT2D eigenvalue weighted by molar-refractivity contribution is 5.88. The number of benzene rings is 1. The van der Waals surface area contributed by atoms with Gasteiger partial charge in [-0.05, 0) is 112 Å². The van der Waals surface area contributed by atoms with E-state index < -0.39 is 18.2 Å². The van der Waals surface area contributed by atoms with E-state index in [9.17, 15) is 19.2 Å². The van der Waals surface area contributed by atoms with Crippen molar-refractivity contribution in [1.29, 1.82) is 0 Å². The van der Waals surface area contributed by atoms with Crippen LogP contribution in [0.2, 0.25) is 0 Å². The van der Waals surface area contributed by atoms with Crippen LogP contribution in [0.4, 0.5) is 9.59 Å². The fourth-order valence-electron chi connectivity index (χ4n) is 11.0. The molecule has 14 heteroatoms. The molecule has 3 saturated heterocycles. The van der Waals surface area contributed by atoms with E-state index in [1.54, 1.807) is 0 Å². The lowest BCUT2D eigenvalue weighted by molar-refractivity contribution is -0.136. The number of hydrogen-bond donors (Lipinski definition) is 4. The van der Waals surface area contributed by atoms with Crippen LogP contribution < -0.4 is 10.6 Å². The number of likely N-dealkylation sites (tertiary alicyclic amines) is 3. The Hall–Kier alpha value is -4.88. The third kappa shape index (κ3) is 8.02. The molecule has 0 radical (unpaired) electrons. The SMILES string of the molecule is COC(=O)N[C@H](C(=O)N1CCC[C@H]1c1ncc(C23CCC(c4ccc(-c5cnc([C@@H]6CCCN6C(=O)[C@H](NC(=O)N6CCCCC6)C(C)C)[nH]5)cc4)(CC2)CC3)[nH]1)C(C)C. The molecule has 0 spiro atoms. The number of carbonyl (C=O) groups excluding carboxylic acids is 4. The molecule has 3 saturated carbocycles. The van der Waals surface area contributed by atoms with Gasteiger partial charge < -0.3 is 40.0 Å². The first-order valence-electron chi connectivity index (χ1n) is 22.6. The van der Waals surface area contributed by atoms with Gasteiger partial charge in [0.05, 0.1) is 31.1 Å². The molecule has 1 aromatic carbocycles. The molecule has 4 N–H and O–H groups in total. The molecule has 3 aliphatic carbocycles. The normalized spacial score (nSPS) is 26.4. The molecule has 60 heavy (non-hydrogen) atoms. The van der Waals surface area contributed by atoms with Crippen molar-refractivity contribution in [2.75, 3.05) is 33.3 Å². The first kappa shape index (κ1) is 41.8. The van der Waals surface area contributed by atoms with E-state index in [1.807, 2.05) is 54.8 Å². The summed E-state index contributed by atoms with van der Waals surface area (Å²) in [6.07, 6.45) is 16.5. The number of H-pyrrole nitrogens is 2. The van der Waals surface area contributed by atoms with Gasteiger partial charge in [0.25, 0.3) is 0 Å². The third-order valence-corrected chi connectivity index (χ3v) is 14.8. The summed E-state index contributed by atoms with van der Waals surface area (Å²) in [6.45, 7) is 10.6. The van der Waals surface area contributed by atoms with E-state index in [0.717, 1.165) is 119 Å². The van der Waals surface area contributed by atoms with E-state index in [4.69, 9.17) is 14.7 Å². The van der Waals surface area contributed by atoms with Gasteiger partial charge in [-0.15, -0.1) is 0 Å². The number of carbonyl (C=O) groups is 4. The average molecular weight is 824 g/mol. The number of amides is 5. The molecular weight excluding hydrogens is 759 g/mol. The van der Waals surface area contributed by atoms with Gasteiger partial charge in [0.1, 0.15) is 23.7 Å². The van der Waals surface area contributed by atoms with E-state index in [0.29, 0.717) is 13.1 Å². The summed E-state index contributed by atoms with van der Waals surface area (Å²) < 4.78 is 4.81. The standard InChI is InChI=1S/C46H65N9O5/c1-29(2)37(51-43(58)53-23-7-6-8-24-53)41(56)54-25-9-11-34(54)39-47-27-33(49-39)31-13-15-32(16-14-31)45-17-20-46(21-18-45,22-19-45)36-28-48-40(50-36)35-12-10-26-55(35)42(57)38(30(3)4)52-44(59)60-5/h13-16,27-30,34-35,37-38H,6-12,17-26H2,1-5H3,(H,47,49)(H,48,50)(H,51,58)(H,52,59)/t34-,35-,37+,38-,45?,46?/m0/s1. The van der Waals surface area contributed by atoms with Crippen LogP contribution in [0.25, 0.3) is 11.3 Å². The van der Waals surface area contributed by atoms with Gasteiger partial charge in [0.15, 0.2) is 0 Å². The van der Waals surface area contributed by atoms with Crippen LogP contribution in [0.15, 0.2) is 36.7 Å². The fourth-order valence-corrected chi connectivity index (χ4v) is 11.0. The van der Waals surface area contributed by atoms with Crippen LogP contribution in [0.3, 0.4) is 0 Å². The largest absolute Gasteiger partial charge is 0.453 e. The Kier molecular flexibility index (Phi) is 12.0. The molecule has 6 fully saturated rings. The maximum Gasteiger partial charge on any atom is 0.407 e. The highest BCUT2D eigenvalue weighted by Crippen LogP contribution is 2.58. The first-order valence-corrected chi connectivity index (χ1v) is 22.6. The van der Waals surface area contributed by atoms with Crippen LogP contribution in [0.1, 0.15) is 146 Å². The number of aromatic nitrogens is 4. The zero-order chi connectivity index (χ0) is 42.2. The number of piperidine rings is 1. The Morgan fingerprint density at radius 3 is 1.78 bits per heavy atom. The monoisotopic (exact) mass is 824 g/mol. The minimum atomic E-state index is -0.656. The van der Waals surface area contributed by atoms with Crippen molar-refractivity contribution in [3.05, 3.63) is 59.6 Å². The van der Waals surface area contributed by atoms with Gasteiger partial charge in [0, 0.05) is 43.5 Å². The molecule has 6 aliphatic rings. The predicted molar refractivity (Wildman–Crippen MR) is 228 cm³/mol. The summed E-state index contributed by atoms with van der Waals surface area (Å²) in [5.41, 5.74) is 4.80. The van der Waals surface area contributed by atoms with Gasteiger partial charge >= 0.3 is 12.1 Å². The maximum absolute atomic E-state index is 14.0. The smallest absolute Gasteiger partial charge is 0.407 e. The van der Waals surface area contributed by atoms with Crippen molar-refractivity contribution in [3.8, 4) is 11.3 Å². The lowest BCUT2D eigenvalue weighted by atomic mass is 9.51. The summed E-state index contributed by atoms with van der Waals surface area (Å²) in [5, 5.41) is 5.83. The van der Waals surface area contributed by atoms with Crippen LogP contribution in [-0.4, -0.2) is 104 Å². The van der Waals surface area contributed by atoms with Crippen molar-refractivity contribution in [1.82, 2.24) is 45.3 Å². The maximum atomic E-state index is 14.0. The Morgan fingerprint density at radius 2 is 1.22 bits per heavy atom. The zero-order valence-electron chi connectivity index (χ0n) is 36.2. The van der Waals surface area contributed by atoms with Crippen molar-refractivity contribution in [3.63, 3.8) is 0 Å². The molecule has 14 nitrogen and oxygen atoms in total. The van der Waals surface area contributed by atoms with Gasteiger partial charge in [0.2, 0.25) is 11.8 Å². The number of hydrogen-bond acceptors (Lipinski definition) is 7. The van der Waals surface area contributed by atoms with E-state index in [-0.39, 0.29) is 52.6 Å². The predicted octanol–water partition coefficient (Wildman–Crippen LogP) is 7.27. The summed E-state index contributed by atoms with van der Waals surface area (Å²) in [6, 6.07) is 7.36. The van der Waals surface area contributed by atoms with E-state index in [2.05, 4.69) is 44.9 Å². The summed E-state index contributed by atoms with van der Waals surface area (Å²) in [4.78, 5) is 75.5. The molecular formula is C46H65N9O5. The van der Waals surface area contributed by atoms with Crippen LogP contribution in [0, 0.1) is 11.8 Å². The second-order valence-electron chi connectivity index (χ2n) is 19.0. The van der Waals surface area contributed by atoms with Gasteiger partial charge in [-0.1, -0.05) is 52.0 Å². The third-order valence-electron chi connectivity index (χ3n) is 14.8. The summed E-state index contributed by atoms with van der Waals surface area (Å²) in [7, 11) is 1.31. The minimum Gasteiger partial charge on any atom is -0.453 e. The van der Waals surface area contributed by atoms with Crippen LogP contribution in [0.5, 0.6) is 0 Å². The number of nitrogens with one attached hydrogen (secondary N) is 4. The molecule has 0 unspecified atom stereocenters. The molecule has 5 heterocycles. The number of aromatic amines is 2. The molecule has 4 atom stereocenters. The van der Waals surface area contributed by atoms with Crippen molar-refractivity contribution in [2.45, 2.75) is 146 Å². The highest BCUT2D eigenvalue weighted by atomic mass is 16.5. The van der Waals surface area contributed by atoms with Crippen molar-refractivity contribution >= 4 is 23.9 Å². The number of ether oxygens (including phenoxy) is 1. The van der Waals surface area contributed by atoms with Gasteiger partial charge in [-0.3, -0.25) is 9.59 Å². The first-order chi connectivity index (χ1) is 28.9. The van der Waals surface area contributed by atoms with Gasteiger partial charge in [-0.25, -0.2) is 19.6 Å². The van der Waals surface area contributed by atoms with Crippen LogP contribution in [-0.2, 0) is 25.2 Å². The molecule has 2 bridgehead atoms. The lowest BCUT2D eigenvalue weighted by Gasteiger charge is -2.53. The fraction of sp³-hybridized carbons (Fsp3) is 0.652. The topological polar surface area (TPSA) is 169 Å². The summed E-state index contributed by atoms with van der Waals surface area (Å²) >= 11 is 0. The minimum absolute atomic E-state index is 0.0322. The number of imidazole rings is 2. The zero-order valence-corrected chi connectivity index (χ0v) is 36.2. The number of rotatable bonds is 11. The molecule has 2 aromatic heterocycles. The number of nitrogens with zero attached hydrogens (tertiary/aromatic N) is 5. The Labute approximate surface area is 354 Å². The van der Waals surface area contributed by atoms with Gasteiger partial charge in [-0.2, -0.15) is 0 Å². The van der Waals surface area contributed by atoms with E-state index in [1.165, 1.54) is 18.4 Å². The van der Waals surface area contributed by atoms with Crippen LogP contribution >= 0.6 is 0 Å². The number of urea groups is 1. The van der Waals surface area contributed by atoms with Crippen molar-refractivity contribution in [2.24, 2.45) is 11.8 Å². The summed E-state index contributed by atoms with van der Waals surface area (Å²) in [5.74, 6) is 1.40. The quantitative estimate of drug-likeness (QED) is 0.158. The molecule has 3 aliphatic heterocycles.